The average molecular weight is 197 g/mol. The normalized spacial score (nSPS) is 23.4. The van der Waals surface area contributed by atoms with Crippen LogP contribution < -0.4 is 0 Å². The van der Waals surface area contributed by atoms with E-state index in [1.165, 1.54) is 51.7 Å². The quantitative estimate of drug-likeness (QED) is 0.651. The molecule has 0 aliphatic carbocycles. The smallest absolute Gasteiger partial charge is 0.00121 e. The Morgan fingerprint density at radius 2 is 1.64 bits per heavy atom. The van der Waals surface area contributed by atoms with Crippen LogP contribution in [0.2, 0.25) is 0 Å². The molecule has 1 aliphatic rings. The molecule has 0 amide bonds. The van der Waals surface area contributed by atoms with Gasteiger partial charge in [0.2, 0.25) is 0 Å². The first-order chi connectivity index (χ1) is 6.77. The molecular weight excluding hydrogens is 170 g/mol. The fourth-order valence-electron chi connectivity index (χ4n) is 2.52. The van der Waals surface area contributed by atoms with Gasteiger partial charge in [0, 0.05) is 6.54 Å². The van der Waals surface area contributed by atoms with Crippen molar-refractivity contribution >= 4 is 0 Å². The van der Waals surface area contributed by atoms with Crippen molar-refractivity contribution in [3.8, 4) is 0 Å². The van der Waals surface area contributed by atoms with Crippen molar-refractivity contribution in [3.05, 3.63) is 0 Å². The lowest BCUT2D eigenvalue weighted by atomic mass is 9.88. The second-order valence-electron chi connectivity index (χ2n) is 4.92. The molecule has 1 saturated heterocycles. The lowest BCUT2D eigenvalue weighted by Crippen LogP contribution is -2.35. The third-order valence-corrected chi connectivity index (χ3v) is 3.91. The highest BCUT2D eigenvalue weighted by Gasteiger charge is 2.18. The van der Waals surface area contributed by atoms with E-state index >= 15 is 0 Å². The van der Waals surface area contributed by atoms with E-state index in [9.17, 15) is 0 Å². The van der Waals surface area contributed by atoms with Crippen molar-refractivity contribution in [2.45, 2.75) is 52.9 Å². The van der Waals surface area contributed by atoms with Crippen LogP contribution in [0.25, 0.3) is 0 Å². The molecule has 1 heterocycles. The zero-order valence-electron chi connectivity index (χ0n) is 10.3. The van der Waals surface area contributed by atoms with Crippen LogP contribution in [0.5, 0.6) is 0 Å². The van der Waals surface area contributed by atoms with Gasteiger partial charge in [-0.1, -0.05) is 40.0 Å². The van der Waals surface area contributed by atoms with Crippen molar-refractivity contribution in [1.29, 1.82) is 0 Å². The third kappa shape index (κ3) is 3.61. The molecule has 1 unspecified atom stereocenters. The number of likely N-dealkylation sites (tertiary alicyclic amines) is 1. The van der Waals surface area contributed by atoms with Crippen LogP contribution in [0.1, 0.15) is 52.9 Å². The molecule has 0 radical (unpaired) electrons. The van der Waals surface area contributed by atoms with E-state index in [-0.39, 0.29) is 0 Å². The molecule has 1 fully saturated rings. The van der Waals surface area contributed by atoms with E-state index in [2.05, 4.69) is 25.7 Å². The molecule has 1 nitrogen and oxygen atoms in total. The Hall–Kier alpha value is -0.0400. The SMILES string of the molecule is CCC(C)[C@@H](CC)CN1CCCCC1. The van der Waals surface area contributed by atoms with Crippen LogP contribution in [0.15, 0.2) is 0 Å². The maximum Gasteiger partial charge on any atom is 0.00121 e. The van der Waals surface area contributed by atoms with E-state index in [0.29, 0.717) is 0 Å². The van der Waals surface area contributed by atoms with Gasteiger partial charge in [-0.05, 0) is 37.8 Å². The zero-order chi connectivity index (χ0) is 10.4. The van der Waals surface area contributed by atoms with Crippen LogP contribution in [-0.4, -0.2) is 24.5 Å². The second kappa shape index (κ2) is 6.44. The van der Waals surface area contributed by atoms with Gasteiger partial charge in [0.25, 0.3) is 0 Å². The van der Waals surface area contributed by atoms with Crippen molar-refractivity contribution in [2.75, 3.05) is 19.6 Å². The zero-order valence-corrected chi connectivity index (χ0v) is 10.3. The fourth-order valence-corrected chi connectivity index (χ4v) is 2.52. The lowest BCUT2D eigenvalue weighted by molar-refractivity contribution is 0.164. The minimum Gasteiger partial charge on any atom is -0.303 e. The molecule has 1 rings (SSSR count). The van der Waals surface area contributed by atoms with Gasteiger partial charge in [0.1, 0.15) is 0 Å². The molecule has 1 aliphatic heterocycles. The molecule has 2 atom stereocenters. The van der Waals surface area contributed by atoms with Gasteiger partial charge in [-0.25, -0.2) is 0 Å². The van der Waals surface area contributed by atoms with Gasteiger partial charge in [0.05, 0.1) is 0 Å². The maximum absolute atomic E-state index is 2.68. The molecule has 14 heavy (non-hydrogen) atoms. The molecule has 0 N–H and O–H groups in total. The molecule has 0 aromatic carbocycles. The molecule has 0 spiro atoms. The Labute approximate surface area is 89.9 Å². The first-order valence-electron chi connectivity index (χ1n) is 6.50. The van der Waals surface area contributed by atoms with Gasteiger partial charge in [0.15, 0.2) is 0 Å². The van der Waals surface area contributed by atoms with E-state index in [4.69, 9.17) is 0 Å². The number of nitrogens with zero attached hydrogens (tertiary/aromatic N) is 1. The minimum atomic E-state index is 0.905. The molecular formula is C13H27N. The van der Waals surface area contributed by atoms with E-state index in [1.807, 2.05) is 0 Å². The summed E-state index contributed by atoms with van der Waals surface area (Å²) in [6, 6.07) is 0. The summed E-state index contributed by atoms with van der Waals surface area (Å²) in [7, 11) is 0. The van der Waals surface area contributed by atoms with Gasteiger partial charge >= 0.3 is 0 Å². The van der Waals surface area contributed by atoms with Crippen LogP contribution in [0.4, 0.5) is 0 Å². The summed E-state index contributed by atoms with van der Waals surface area (Å²) >= 11 is 0. The minimum absolute atomic E-state index is 0.905. The Morgan fingerprint density at radius 1 is 1.00 bits per heavy atom. The molecule has 84 valence electrons. The van der Waals surface area contributed by atoms with Gasteiger partial charge < -0.3 is 4.90 Å². The predicted octanol–water partition coefficient (Wildman–Crippen LogP) is 3.54. The monoisotopic (exact) mass is 197 g/mol. The Balaban J connectivity index is 2.30. The molecule has 0 bridgehead atoms. The Morgan fingerprint density at radius 3 is 2.14 bits per heavy atom. The van der Waals surface area contributed by atoms with Crippen molar-refractivity contribution in [3.63, 3.8) is 0 Å². The summed E-state index contributed by atoms with van der Waals surface area (Å²) in [5, 5.41) is 0. The van der Waals surface area contributed by atoms with Gasteiger partial charge in [-0.15, -0.1) is 0 Å². The largest absolute Gasteiger partial charge is 0.303 e. The number of rotatable bonds is 5. The van der Waals surface area contributed by atoms with Crippen molar-refractivity contribution in [2.24, 2.45) is 11.8 Å². The maximum atomic E-state index is 2.68. The van der Waals surface area contributed by atoms with Crippen molar-refractivity contribution in [1.82, 2.24) is 4.90 Å². The highest BCUT2D eigenvalue weighted by Crippen LogP contribution is 2.21. The van der Waals surface area contributed by atoms with Crippen LogP contribution in [0.3, 0.4) is 0 Å². The fraction of sp³-hybridized carbons (Fsp3) is 1.00. The highest BCUT2D eigenvalue weighted by molar-refractivity contribution is 4.72. The molecule has 1 heteroatoms. The number of hydrogen-bond acceptors (Lipinski definition) is 1. The van der Waals surface area contributed by atoms with Gasteiger partial charge in [-0.2, -0.15) is 0 Å². The summed E-state index contributed by atoms with van der Waals surface area (Å²) in [5.74, 6) is 1.83. The van der Waals surface area contributed by atoms with Crippen LogP contribution in [0, 0.1) is 11.8 Å². The summed E-state index contributed by atoms with van der Waals surface area (Å²) in [5.41, 5.74) is 0. The summed E-state index contributed by atoms with van der Waals surface area (Å²) in [4.78, 5) is 2.68. The van der Waals surface area contributed by atoms with Crippen LogP contribution >= 0.6 is 0 Å². The van der Waals surface area contributed by atoms with E-state index < -0.39 is 0 Å². The Bertz CT molecular complexity index is 138. The highest BCUT2D eigenvalue weighted by atomic mass is 15.1. The third-order valence-electron chi connectivity index (χ3n) is 3.91. The first-order valence-corrected chi connectivity index (χ1v) is 6.50. The summed E-state index contributed by atoms with van der Waals surface area (Å²) in [6.45, 7) is 11.1. The average Bonchev–Trinajstić information content (AvgIpc) is 2.26. The van der Waals surface area contributed by atoms with E-state index in [0.717, 1.165) is 11.8 Å². The standard InChI is InChI=1S/C13H27N/c1-4-12(3)13(5-2)11-14-9-7-6-8-10-14/h12-13H,4-11H2,1-3H3/t12?,13-/m0/s1. The van der Waals surface area contributed by atoms with Crippen LogP contribution in [-0.2, 0) is 0 Å². The molecule has 0 aromatic heterocycles. The summed E-state index contributed by atoms with van der Waals surface area (Å²) < 4.78 is 0. The second-order valence-corrected chi connectivity index (χ2v) is 4.92. The molecule has 0 aromatic rings. The Kier molecular flexibility index (Phi) is 5.54. The van der Waals surface area contributed by atoms with Gasteiger partial charge in [-0.3, -0.25) is 0 Å². The topological polar surface area (TPSA) is 3.24 Å². The predicted molar refractivity (Wildman–Crippen MR) is 63.5 cm³/mol. The van der Waals surface area contributed by atoms with E-state index in [1.54, 1.807) is 0 Å². The summed E-state index contributed by atoms with van der Waals surface area (Å²) in [6.07, 6.45) is 7.00. The van der Waals surface area contributed by atoms with Crippen molar-refractivity contribution < 1.29 is 0 Å². The number of hydrogen-bond donors (Lipinski definition) is 0. The lowest BCUT2D eigenvalue weighted by Gasteiger charge is -2.32. The molecule has 0 saturated carbocycles. The first kappa shape index (κ1) is 12.0. The number of piperidine rings is 1.